The molecule has 3 rings (SSSR count). The van der Waals surface area contributed by atoms with Gasteiger partial charge in [0.15, 0.2) is 4.80 Å². The minimum atomic E-state index is -0.426. The molecule has 1 aliphatic rings. The van der Waals surface area contributed by atoms with E-state index in [4.69, 9.17) is 14.2 Å². The molecule has 36 heavy (non-hydrogen) atoms. The molecule has 196 valence electrons. The number of thioether (sulfide) groups is 1. The topological polar surface area (TPSA) is 120 Å². The van der Waals surface area contributed by atoms with Crippen molar-refractivity contribution in [2.45, 2.75) is 20.4 Å². The standard InChI is InChI=1S/C23H30N4O7S2/c1-4-33-21(30)13-27-17-7-6-16(32-3)12-18(17)36-22(27)24-19(28)14-35-15-20(29)25-8-10-26(11-9-25)23(31)34-5-2/h6-7,12H,4-5,8-11,13-15H2,1-3H3. The Hall–Kier alpha value is -3.06. The van der Waals surface area contributed by atoms with Crippen LogP contribution in [0.25, 0.3) is 10.2 Å². The molecule has 1 saturated heterocycles. The van der Waals surface area contributed by atoms with Crippen LogP contribution >= 0.6 is 23.1 Å². The van der Waals surface area contributed by atoms with Crippen LogP contribution in [0.1, 0.15) is 13.8 Å². The van der Waals surface area contributed by atoms with E-state index >= 15 is 0 Å². The van der Waals surface area contributed by atoms with E-state index in [1.807, 2.05) is 12.1 Å². The molecule has 0 radical (unpaired) electrons. The van der Waals surface area contributed by atoms with Gasteiger partial charge < -0.3 is 28.6 Å². The van der Waals surface area contributed by atoms with Crippen LogP contribution in [-0.4, -0.2) is 96.3 Å². The summed E-state index contributed by atoms with van der Waals surface area (Å²) >= 11 is 2.45. The van der Waals surface area contributed by atoms with Crippen molar-refractivity contribution in [3.05, 3.63) is 23.0 Å². The monoisotopic (exact) mass is 538 g/mol. The fraction of sp³-hybridized carbons (Fsp3) is 0.522. The summed E-state index contributed by atoms with van der Waals surface area (Å²) < 4.78 is 17.8. The summed E-state index contributed by atoms with van der Waals surface area (Å²) in [6.45, 7) is 5.66. The van der Waals surface area contributed by atoms with Crippen molar-refractivity contribution in [1.82, 2.24) is 14.4 Å². The molecule has 2 aromatic rings. The van der Waals surface area contributed by atoms with Gasteiger partial charge in [0.1, 0.15) is 12.3 Å². The van der Waals surface area contributed by atoms with Gasteiger partial charge in [0.25, 0.3) is 5.91 Å². The number of benzene rings is 1. The fourth-order valence-corrected chi connectivity index (χ4v) is 5.34. The van der Waals surface area contributed by atoms with Gasteiger partial charge in [-0.05, 0) is 32.0 Å². The minimum Gasteiger partial charge on any atom is -0.497 e. The SMILES string of the molecule is CCOC(=O)Cn1c(=NC(=O)CSCC(=O)N2CCN(C(=O)OCC)CC2)sc2cc(OC)ccc21. The van der Waals surface area contributed by atoms with Gasteiger partial charge in [-0.25, -0.2) is 4.79 Å². The second-order valence-corrected chi connectivity index (χ2v) is 9.67. The Balaban J connectivity index is 1.61. The molecule has 0 saturated carbocycles. The Labute approximate surface area is 217 Å². The molecular formula is C23H30N4O7S2. The fourth-order valence-electron chi connectivity index (χ4n) is 3.56. The number of carbonyl (C=O) groups is 4. The zero-order chi connectivity index (χ0) is 26.1. The molecule has 0 N–H and O–H groups in total. The quantitative estimate of drug-likeness (QED) is 0.443. The average Bonchev–Trinajstić information content (AvgIpc) is 3.19. The first-order valence-electron chi connectivity index (χ1n) is 11.5. The number of hydrogen-bond donors (Lipinski definition) is 0. The summed E-state index contributed by atoms with van der Waals surface area (Å²) in [5.41, 5.74) is 0.741. The van der Waals surface area contributed by atoms with E-state index in [1.165, 1.54) is 23.1 Å². The highest BCUT2D eigenvalue weighted by Crippen LogP contribution is 2.23. The zero-order valence-corrected chi connectivity index (χ0v) is 22.2. The number of piperazine rings is 1. The van der Waals surface area contributed by atoms with Gasteiger partial charge >= 0.3 is 12.1 Å². The predicted octanol–water partition coefficient (Wildman–Crippen LogP) is 1.74. The highest BCUT2D eigenvalue weighted by molar-refractivity contribution is 8.00. The molecule has 0 spiro atoms. The molecule has 1 fully saturated rings. The second-order valence-electron chi connectivity index (χ2n) is 7.67. The minimum absolute atomic E-state index is 0.0193. The predicted molar refractivity (Wildman–Crippen MR) is 136 cm³/mol. The van der Waals surface area contributed by atoms with Gasteiger partial charge in [-0.1, -0.05) is 11.3 Å². The number of esters is 1. The normalized spacial score (nSPS) is 14.1. The van der Waals surface area contributed by atoms with Gasteiger partial charge in [0.05, 0.1) is 42.0 Å². The Bertz CT molecular complexity index is 1170. The molecule has 1 aromatic heterocycles. The Kier molecular flexibility index (Phi) is 10.2. The van der Waals surface area contributed by atoms with Crippen molar-refractivity contribution in [2.75, 3.05) is 58.0 Å². The van der Waals surface area contributed by atoms with E-state index in [2.05, 4.69) is 4.99 Å². The second kappa shape index (κ2) is 13.3. The maximum Gasteiger partial charge on any atom is 0.409 e. The largest absolute Gasteiger partial charge is 0.497 e. The van der Waals surface area contributed by atoms with Crippen molar-refractivity contribution in [2.24, 2.45) is 4.99 Å². The van der Waals surface area contributed by atoms with Crippen LogP contribution in [0.5, 0.6) is 5.75 Å². The van der Waals surface area contributed by atoms with Gasteiger partial charge in [-0.3, -0.25) is 14.4 Å². The highest BCUT2D eigenvalue weighted by atomic mass is 32.2. The number of nitrogens with zero attached hydrogens (tertiary/aromatic N) is 4. The van der Waals surface area contributed by atoms with E-state index in [-0.39, 0.29) is 36.7 Å². The third kappa shape index (κ3) is 7.23. The van der Waals surface area contributed by atoms with Gasteiger partial charge in [-0.15, -0.1) is 11.8 Å². The lowest BCUT2D eigenvalue weighted by Gasteiger charge is -2.34. The highest BCUT2D eigenvalue weighted by Gasteiger charge is 2.24. The number of carbonyl (C=O) groups excluding carboxylic acids is 4. The third-order valence-corrected chi connectivity index (χ3v) is 7.26. The van der Waals surface area contributed by atoms with E-state index in [1.54, 1.807) is 41.4 Å². The lowest BCUT2D eigenvalue weighted by molar-refractivity contribution is -0.143. The zero-order valence-electron chi connectivity index (χ0n) is 20.6. The Morgan fingerprint density at radius 2 is 1.69 bits per heavy atom. The van der Waals surface area contributed by atoms with E-state index in [9.17, 15) is 19.2 Å². The maximum atomic E-state index is 12.6. The van der Waals surface area contributed by atoms with Crippen LogP contribution < -0.4 is 9.54 Å². The van der Waals surface area contributed by atoms with E-state index < -0.39 is 11.9 Å². The summed E-state index contributed by atoms with van der Waals surface area (Å²) in [4.78, 5) is 56.9. The van der Waals surface area contributed by atoms with Crippen LogP contribution in [0.3, 0.4) is 0 Å². The summed E-state index contributed by atoms with van der Waals surface area (Å²) in [6, 6.07) is 5.40. The molecular weight excluding hydrogens is 508 g/mol. The van der Waals surface area contributed by atoms with Crippen molar-refractivity contribution in [3.8, 4) is 5.75 Å². The van der Waals surface area contributed by atoms with Crippen LogP contribution in [0.4, 0.5) is 4.79 Å². The molecule has 0 bridgehead atoms. The smallest absolute Gasteiger partial charge is 0.409 e. The van der Waals surface area contributed by atoms with E-state index in [0.717, 1.165) is 10.2 Å². The average molecular weight is 539 g/mol. The third-order valence-electron chi connectivity index (χ3n) is 5.31. The Morgan fingerprint density at radius 3 is 2.36 bits per heavy atom. The van der Waals surface area contributed by atoms with Gasteiger partial charge in [0, 0.05) is 26.2 Å². The van der Waals surface area contributed by atoms with Crippen molar-refractivity contribution in [1.29, 1.82) is 0 Å². The van der Waals surface area contributed by atoms with Crippen molar-refractivity contribution in [3.63, 3.8) is 0 Å². The summed E-state index contributed by atoms with van der Waals surface area (Å²) in [5, 5.41) is 0. The first kappa shape index (κ1) is 27.5. The molecule has 1 aliphatic heterocycles. The number of methoxy groups -OCH3 is 1. The molecule has 13 heteroatoms. The maximum absolute atomic E-state index is 12.6. The number of thiazole rings is 1. The Morgan fingerprint density at radius 1 is 1.00 bits per heavy atom. The lowest BCUT2D eigenvalue weighted by Crippen LogP contribution is -2.51. The number of amides is 3. The molecule has 0 atom stereocenters. The van der Waals surface area contributed by atoms with Crippen molar-refractivity contribution < 1.29 is 33.4 Å². The lowest BCUT2D eigenvalue weighted by atomic mass is 10.3. The van der Waals surface area contributed by atoms with Gasteiger partial charge in [0.2, 0.25) is 5.91 Å². The molecule has 1 aromatic carbocycles. The van der Waals surface area contributed by atoms with Crippen LogP contribution in [0.2, 0.25) is 0 Å². The van der Waals surface area contributed by atoms with E-state index in [0.29, 0.717) is 43.3 Å². The molecule has 3 amide bonds. The molecule has 0 aliphatic carbocycles. The van der Waals surface area contributed by atoms with Crippen molar-refractivity contribution >= 4 is 57.2 Å². The van der Waals surface area contributed by atoms with Crippen LogP contribution in [-0.2, 0) is 30.4 Å². The first-order valence-corrected chi connectivity index (χ1v) is 13.5. The number of hydrogen-bond acceptors (Lipinski definition) is 9. The first-order chi connectivity index (χ1) is 17.4. The van der Waals surface area contributed by atoms with Crippen LogP contribution in [0.15, 0.2) is 23.2 Å². The molecule has 11 nitrogen and oxygen atoms in total. The number of rotatable bonds is 9. The summed E-state index contributed by atoms with van der Waals surface area (Å²) in [6.07, 6.45) is -0.369. The molecule has 2 heterocycles. The summed E-state index contributed by atoms with van der Waals surface area (Å²) in [7, 11) is 1.56. The van der Waals surface area contributed by atoms with Gasteiger partial charge in [-0.2, -0.15) is 4.99 Å². The number of aromatic nitrogens is 1. The molecule has 0 unspecified atom stereocenters. The summed E-state index contributed by atoms with van der Waals surface area (Å²) in [5.74, 6) is -0.121. The number of fused-ring (bicyclic) bond motifs is 1. The number of ether oxygens (including phenoxy) is 3. The van der Waals surface area contributed by atoms with Crippen LogP contribution in [0, 0.1) is 0 Å².